The number of benzene rings is 1. The Morgan fingerprint density at radius 1 is 0.944 bits per heavy atom. The first-order valence-electron chi connectivity index (χ1n) is 6.37. The highest BCUT2D eigenvalue weighted by atomic mass is 32.1. The van der Waals surface area contributed by atoms with Gasteiger partial charge < -0.3 is 5.11 Å². The maximum Gasteiger partial charge on any atom is 0.116 e. The highest BCUT2D eigenvalue weighted by Gasteiger charge is 2.29. The Labute approximate surface area is 113 Å². The Bertz CT molecular complexity index is 579. The summed E-state index contributed by atoms with van der Waals surface area (Å²) in [5.41, 5.74) is 1.61. The topological polar surface area (TPSA) is 20.2 Å². The number of fused-ring (bicyclic) bond motifs is 1. The number of phenols is 1. The molecular weight excluding hydrogens is 240 g/mol. The number of aromatic hydroxyl groups is 1. The first-order chi connectivity index (χ1) is 8.10. The molecule has 0 fully saturated rings. The lowest BCUT2D eigenvalue weighted by molar-refractivity contribution is 0.476. The van der Waals surface area contributed by atoms with Crippen LogP contribution in [0.25, 0.3) is 10.1 Å². The summed E-state index contributed by atoms with van der Waals surface area (Å²) in [6.45, 7) is 13.5. The van der Waals surface area contributed by atoms with Gasteiger partial charge in [-0.15, -0.1) is 11.3 Å². The molecule has 1 aromatic carbocycles. The lowest BCUT2D eigenvalue weighted by atomic mass is 9.79. The van der Waals surface area contributed by atoms with Gasteiger partial charge >= 0.3 is 0 Å². The zero-order valence-corrected chi connectivity index (χ0v) is 12.9. The van der Waals surface area contributed by atoms with E-state index in [2.05, 4.69) is 41.5 Å². The van der Waals surface area contributed by atoms with Gasteiger partial charge in [-0.05, 0) is 34.6 Å². The van der Waals surface area contributed by atoms with Gasteiger partial charge in [-0.25, -0.2) is 0 Å². The molecule has 1 aromatic heterocycles. The van der Waals surface area contributed by atoms with Gasteiger partial charge in [-0.2, -0.15) is 0 Å². The smallest absolute Gasteiger partial charge is 0.116 e. The SMILES string of the molecule is CC(C)(C)c1sc2ccc(O)cc2c1C(C)(C)C. The van der Waals surface area contributed by atoms with E-state index >= 15 is 0 Å². The van der Waals surface area contributed by atoms with Crippen molar-refractivity contribution in [3.8, 4) is 5.75 Å². The molecule has 0 aliphatic heterocycles. The molecule has 2 aromatic rings. The largest absolute Gasteiger partial charge is 0.508 e. The third kappa shape index (κ3) is 2.26. The predicted octanol–water partition coefficient (Wildman–Crippen LogP) is 5.20. The summed E-state index contributed by atoms with van der Waals surface area (Å²) in [7, 11) is 0. The zero-order chi connectivity index (χ0) is 13.7. The second kappa shape index (κ2) is 3.99. The maximum atomic E-state index is 9.74. The minimum absolute atomic E-state index is 0.0919. The van der Waals surface area contributed by atoms with E-state index in [9.17, 15) is 5.11 Å². The summed E-state index contributed by atoms with van der Waals surface area (Å²) in [6.07, 6.45) is 0. The van der Waals surface area contributed by atoms with Gasteiger partial charge in [-0.3, -0.25) is 0 Å². The van der Waals surface area contributed by atoms with Crippen molar-refractivity contribution in [3.63, 3.8) is 0 Å². The van der Waals surface area contributed by atoms with Crippen molar-refractivity contribution in [2.24, 2.45) is 0 Å². The van der Waals surface area contributed by atoms with E-state index in [1.54, 1.807) is 6.07 Å². The van der Waals surface area contributed by atoms with Gasteiger partial charge in [0.25, 0.3) is 0 Å². The molecule has 0 spiro atoms. The van der Waals surface area contributed by atoms with E-state index in [0.717, 1.165) is 0 Å². The van der Waals surface area contributed by atoms with Gasteiger partial charge in [-0.1, -0.05) is 41.5 Å². The predicted molar refractivity (Wildman–Crippen MR) is 80.9 cm³/mol. The van der Waals surface area contributed by atoms with Crippen molar-refractivity contribution in [3.05, 3.63) is 28.6 Å². The van der Waals surface area contributed by atoms with E-state index < -0.39 is 0 Å². The molecule has 0 aliphatic rings. The molecule has 0 saturated carbocycles. The zero-order valence-electron chi connectivity index (χ0n) is 12.1. The molecule has 1 N–H and O–H groups in total. The summed E-state index contributed by atoms with van der Waals surface area (Å²) >= 11 is 1.86. The van der Waals surface area contributed by atoms with Gasteiger partial charge in [0.05, 0.1) is 0 Å². The van der Waals surface area contributed by atoms with Gasteiger partial charge in [0.15, 0.2) is 0 Å². The molecule has 0 radical (unpaired) electrons. The minimum Gasteiger partial charge on any atom is -0.508 e. The van der Waals surface area contributed by atoms with Crippen molar-refractivity contribution >= 4 is 21.4 Å². The minimum atomic E-state index is 0.0919. The van der Waals surface area contributed by atoms with E-state index in [-0.39, 0.29) is 10.8 Å². The molecule has 0 bridgehead atoms. The summed E-state index contributed by atoms with van der Waals surface area (Å²) in [5, 5.41) is 10.9. The molecule has 2 rings (SSSR count). The molecule has 1 nitrogen and oxygen atoms in total. The fraction of sp³-hybridized carbons (Fsp3) is 0.500. The van der Waals surface area contributed by atoms with Crippen LogP contribution in [-0.2, 0) is 10.8 Å². The first-order valence-corrected chi connectivity index (χ1v) is 7.19. The summed E-state index contributed by atoms with van der Waals surface area (Å²) < 4.78 is 1.27. The molecule has 0 aliphatic carbocycles. The Morgan fingerprint density at radius 2 is 1.56 bits per heavy atom. The molecule has 0 saturated heterocycles. The second-order valence-corrected chi connectivity index (χ2v) is 8.04. The van der Waals surface area contributed by atoms with Crippen LogP contribution in [0.5, 0.6) is 5.75 Å². The van der Waals surface area contributed by atoms with Crippen LogP contribution in [0.2, 0.25) is 0 Å². The van der Waals surface area contributed by atoms with Crippen molar-refractivity contribution in [2.75, 3.05) is 0 Å². The quantitative estimate of drug-likeness (QED) is 0.691. The molecule has 0 atom stereocenters. The fourth-order valence-electron chi connectivity index (χ4n) is 2.36. The molecule has 0 unspecified atom stereocenters. The van der Waals surface area contributed by atoms with Crippen LogP contribution in [-0.4, -0.2) is 5.11 Å². The molecule has 18 heavy (non-hydrogen) atoms. The lowest BCUT2D eigenvalue weighted by Gasteiger charge is -2.26. The number of hydrogen-bond donors (Lipinski definition) is 1. The highest BCUT2D eigenvalue weighted by Crippen LogP contribution is 2.45. The standard InChI is InChI=1S/C16H22OS/c1-15(2,3)13-11-9-10(17)7-8-12(11)18-14(13)16(4,5)6/h7-9,17H,1-6H3. The van der Waals surface area contributed by atoms with Gasteiger partial charge in [0, 0.05) is 15.0 Å². The monoisotopic (exact) mass is 262 g/mol. The first kappa shape index (κ1) is 13.4. The van der Waals surface area contributed by atoms with Crippen molar-refractivity contribution in [2.45, 2.75) is 52.4 Å². The third-order valence-corrected chi connectivity index (χ3v) is 4.70. The molecule has 1 heterocycles. The summed E-state index contributed by atoms with van der Waals surface area (Å²) in [5.74, 6) is 0.353. The average molecular weight is 262 g/mol. The molecular formula is C16H22OS. The average Bonchev–Trinajstić information content (AvgIpc) is 2.54. The normalized spacial score (nSPS) is 13.2. The van der Waals surface area contributed by atoms with Gasteiger partial charge in [0.2, 0.25) is 0 Å². The van der Waals surface area contributed by atoms with Gasteiger partial charge in [0.1, 0.15) is 5.75 Å². The Hall–Kier alpha value is -1.02. The molecule has 0 amide bonds. The summed E-state index contributed by atoms with van der Waals surface area (Å²) in [4.78, 5) is 1.43. The van der Waals surface area contributed by atoms with Crippen LogP contribution >= 0.6 is 11.3 Å². The number of rotatable bonds is 0. The van der Waals surface area contributed by atoms with E-state index in [1.807, 2.05) is 23.5 Å². The van der Waals surface area contributed by atoms with E-state index in [1.165, 1.54) is 20.5 Å². The van der Waals surface area contributed by atoms with Crippen LogP contribution in [0.4, 0.5) is 0 Å². The summed E-state index contributed by atoms with van der Waals surface area (Å²) in [6, 6.07) is 5.71. The third-order valence-electron chi connectivity index (χ3n) is 3.10. The fourth-order valence-corrected chi connectivity index (χ4v) is 3.81. The highest BCUT2D eigenvalue weighted by molar-refractivity contribution is 7.19. The van der Waals surface area contributed by atoms with Crippen LogP contribution < -0.4 is 0 Å². The van der Waals surface area contributed by atoms with Crippen LogP contribution in [0.1, 0.15) is 52.0 Å². The van der Waals surface area contributed by atoms with Crippen LogP contribution in [0, 0.1) is 0 Å². The van der Waals surface area contributed by atoms with Crippen LogP contribution in [0.3, 0.4) is 0 Å². The number of thiophene rings is 1. The number of hydrogen-bond acceptors (Lipinski definition) is 2. The maximum absolute atomic E-state index is 9.74. The lowest BCUT2D eigenvalue weighted by Crippen LogP contribution is -2.19. The Kier molecular flexibility index (Phi) is 2.97. The van der Waals surface area contributed by atoms with E-state index in [0.29, 0.717) is 5.75 Å². The Balaban J connectivity index is 2.87. The Morgan fingerprint density at radius 3 is 2.06 bits per heavy atom. The second-order valence-electron chi connectivity index (χ2n) is 6.99. The van der Waals surface area contributed by atoms with Crippen LogP contribution in [0.15, 0.2) is 18.2 Å². The van der Waals surface area contributed by atoms with Crippen molar-refractivity contribution < 1.29 is 5.11 Å². The molecule has 2 heteroatoms. The van der Waals surface area contributed by atoms with Crippen molar-refractivity contribution in [1.82, 2.24) is 0 Å². The molecule has 98 valence electrons. The van der Waals surface area contributed by atoms with E-state index in [4.69, 9.17) is 0 Å². The van der Waals surface area contributed by atoms with Crippen molar-refractivity contribution in [1.29, 1.82) is 0 Å². The number of phenolic OH excluding ortho intramolecular Hbond substituents is 1.